The van der Waals surface area contributed by atoms with E-state index < -0.39 is 0 Å². The van der Waals surface area contributed by atoms with E-state index in [9.17, 15) is 4.79 Å². The third-order valence-corrected chi connectivity index (χ3v) is 3.07. The Hall–Kier alpha value is -2.13. The largest absolute Gasteiger partial charge is 0.496 e. The van der Waals surface area contributed by atoms with E-state index >= 15 is 0 Å². The summed E-state index contributed by atoms with van der Waals surface area (Å²) in [6, 6.07) is 14.9. The summed E-state index contributed by atoms with van der Waals surface area (Å²) in [6.45, 7) is 0.735. The van der Waals surface area contributed by atoms with Crippen LogP contribution >= 0.6 is 0 Å². The van der Waals surface area contributed by atoms with Crippen molar-refractivity contribution in [1.29, 1.82) is 0 Å². The van der Waals surface area contributed by atoms with Gasteiger partial charge in [-0.05, 0) is 32.3 Å². The molecule has 0 spiro atoms. The summed E-state index contributed by atoms with van der Waals surface area (Å²) < 4.78 is 5.35. The molecular formula is C17H19NO2. The Balaban J connectivity index is 2.35. The SMILES string of the molecule is COc1ccc(C(=O)c2ccccc2)cc1CN(C)C. The average Bonchev–Trinajstić information content (AvgIpc) is 2.46. The summed E-state index contributed by atoms with van der Waals surface area (Å²) in [5.74, 6) is 0.844. The maximum absolute atomic E-state index is 12.4. The van der Waals surface area contributed by atoms with Crippen molar-refractivity contribution in [3.05, 3.63) is 65.2 Å². The third-order valence-electron chi connectivity index (χ3n) is 3.07. The minimum absolute atomic E-state index is 0.0354. The van der Waals surface area contributed by atoms with Crippen LogP contribution < -0.4 is 4.74 Å². The molecule has 20 heavy (non-hydrogen) atoms. The molecule has 104 valence electrons. The standard InChI is InChI=1S/C17H19NO2/c1-18(2)12-15-11-14(9-10-16(15)20-3)17(19)13-7-5-4-6-8-13/h4-11H,12H2,1-3H3. The zero-order valence-electron chi connectivity index (χ0n) is 12.1. The van der Waals surface area contributed by atoms with E-state index in [0.717, 1.165) is 17.9 Å². The molecule has 0 aliphatic rings. The van der Waals surface area contributed by atoms with E-state index in [1.165, 1.54) is 0 Å². The minimum Gasteiger partial charge on any atom is -0.496 e. The van der Waals surface area contributed by atoms with Gasteiger partial charge in [0, 0.05) is 23.2 Å². The fourth-order valence-electron chi connectivity index (χ4n) is 2.14. The van der Waals surface area contributed by atoms with E-state index in [0.29, 0.717) is 11.1 Å². The van der Waals surface area contributed by atoms with Crippen LogP contribution in [0.5, 0.6) is 5.75 Å². The van der Waals surface area contributed by atoms with Crippen molar-refractivity contribution < 1.29 is 9.53 Å². The highest BCUT2D eigenvalue weighted by atomic mass is 16.5. The highest BCUT2D eigenvalue weighted by molar-refractivity contribution is 6.09. The van der Waals surface area contributed by atoms with Crippen molar-refractivity contribution in [2.24, 2.45) is 0 Å². The van der Waals surface area contributed by atoms with Crippen molar-refractivity contribution in [3.8, 4) is 5.75 Å². The van der Waals surface area contributed by atoms with Gasteiger partial charge in [-0.1, -0.05) is 30.3 Å². The first kappa shape index (κ1) is 14.3. The lowest BCUT2D eigenvalue weighted by molar-refractivity contribution is 0.103. The Labute approximate surface area is 119 Å². The zero-order valence-corrected chi connectivity index (χ0v) is 12.1. The van der Waals surface area contributed by atoms with Gasteiger partial charge in [-0.3, -0.25) is 4.79 Å². The third kappa shape index (κ3) is 3.25. The number of ketones is 1. The molecule has 0 atom stereocenters. The second-order valence-electron chi connectivity index (χ2n) is 4.96. The van der Waals surface area contributed by atoms with Crippen molar-refractivity contribution in [3.63, 3.8) is 0 Å². The number of benzene rings is 2. The minimum atomic E-state index is 0.0354. The van der Waals surface area contributed by atoms with E-state index in [1.54, 1.807) is 7.11 Å². The van der Waals surface area contributed by atoms with Gasteiger partial charge >= 0.3 is 0 Å². The number of hydrogen-bond donors (Lipinski definition) is 0. The molecule has 0 saturated heterocycles. The van der Waals surface area contributed by atoms with Crippen LogP contribution in [-0.2, 0) is 6.54 Å². The summed E-state index contributed by atoms with van der Waals surface area (Å²) in [5, 5.41) is 0. The molecule has 0 N–H and O–H groups in total. The molecule has 2 aromatic carbocycles. The van der Waals surface area contributed by atoms with E-state index in [4.69, 9.17) is 4.74 Å². The number of hydrogen-bond acceptors (Lipinski definition) is 3. The van der Waals surface area contributed by atoms with Crippen LogP contribution in [0.2, 0.25) is 0 Å². The Morgan fingerprint density at radius 2 is 1.75 bits per heavy atom. The van der Waals surface area contributed by atoms with Crippen LogP contribution in [0.3, 0.4) is 0 Å². The molecule has 0 aliphatic carbocycles. The topological polar surface area (TPSA) is 29.5 Å². The van der Waals surface area contributed by atoms with Crippen LogP contribution in [0.4, 0.5) is 0 Å². The lowest BCUT2D eigenvalue weighted by Crippen LogP contribution is -2.12. The molecule has 0 radical (unpaired) electrons. The highest BCUT2D eigenvalue weighted by Gasteiger charge is 2.12. The van der Waals surface area contributed by atoms with Gasteiger partial charge in [-0.15, -0.1) is 0 Å². The first-order chi connectivity index (χ1) is 9.61. The lowest BCUT2D eigenvalue weighted by atomic mass is 10.0. The molecule has 3 nitrogen and oxygen atoms in total. The summed E-state index contributed by atoms with van der Waals surface area (Å²) in [4.78, 5) is 14.5. The summed E-state index contributed by atoms with van der Waals surface area (Å²) in [6.07, 6.45) is 0. The van der Waals surface area contributed by atoms with Gasteiger partial charge in [0.25, 0.3) is 0 Å². The van der Waals surface area contributed by atoms with Gasteiger partial charge in [-0.2, -0.15) is 0 Å². The smallest absolute Gasteiger partial charge is 0.193 e. The Kier molecular flexibility index (Phi) is 4.53. The van der Waals surface area contributed by atoms with E-state index in [2.05, 4.69) is 4.90 Å². The van der Waals surface area contributed by atoms with Crippen LogP contribution in [0.15, 0.2) is 48.5 Å². The fraction of sp³-hybridized carbons (Fsp3) is 0.235. The molecule has 0 aliphatic heterocycles. The van der Waals surface area contributed by atoms with Crippen molar-refractivity contribution in [2.45, 2.75) is 6.54 Å². The summed E-state index contributed by atoms with van der Waals surface area (Å²) >= 11 is 0. The van der Waals surface area contributed by atoms with Gasteiger partial charge in [0.05, 0.1) is 7.11 Å². The monoisotopic (exact) mass is 269 g/mol. The van der Waals surface area contributed by atoms with Gasteiger partial charge in [-0.25, -0.2) is 0 Å². The summed E-state index contributed by atoms with van der Waals surface area (Å²) in [5.41, 5.74) is 2.40. The van der Waals surface area contributed by atoms with Crippen LogP contribution in [0, 0.1) is 0 Å². The fourth-order valence-corrected chi connectivity index (χ4v) is 2.14. The van der Waals surface area contributed by atoms with Gasteiger partial charge < -0.3 is 9.64 Å². The normalized spacial score (nSPS) is 10.6. The average molecular weight is 269 g/mol. The Bertz CT molecular complexity index is 591. The van der Waals surface area contributed by atoms with Crippen LogP contribution in [0.25, 0.3) is 0 Å². The predicted molar refractivity (Wildman–Crippen MR) is 80.3 cm³/mol. The number of carbonyl (C=O) groups excluding carboxylic acids is 1. The Morgan fingerprint density at radius 1 is 1.05 bits per heavy atom. The number of carbonyl (C=O) groups is 1. The lowest BCUT2D eigenvalue weighted by Gasteiger charge is -2.14. The quantitative estimate of drug-likeness (QED) is 0.782. The molecule has 0 fully saturated rings. The molecule has 2 rings (SSSR count). The molecular weight excluding hydrogens is 250 g/mol. The second kappa shape index (κ2) is 6.35. The van der Waals surface area contributed by atoms with E-state index in [-0.39, 0.29) is 5.78 Å². The molecule has 0 bridgehead atoms. The first-order valence-corrected chi connectivity index (χ1v) is 6.53. The first-order valence-electron chi connectivity index (χ1n) is 6.53. The maximum atomic E-state index is 12.4. The maximum Gasteiger partial charge on any atom is 0.193 e. The number of methoxy groups -OCH3 is 1. The molecule has 3 heteroatoms. The molecule has 0 amide bonds. The molecule has 0 heterocycles. The van der Waals surface area contributed by atoms with Crippen molar-refractivity contribution in [2.75, 3.05) is 21.2 Å². The summed E-state index contributed by atoms with van der Waals surface area (Å²) in [7, 11) is 5.63. The van der Waals surface area contributed by atoms with Gasteiger partial charge in [0.2, 0.25) is 0 Å². The molecule has 0 unspecified atom stereocenters. The molecule has 2 aromatic rings. The highest BCUT2D eigenvalue weighted by Crippen LogP contribution is 2.22. The van der Waals surface area contributed by atoms with Crippen LogP contribution in [-0.4, -0.2) is 31.9 Å². The zero-order chi connectivity index (χ0) is 14.5. The number of nitrogens with zero attached hydrogens (tertiary/aromatic N) is 1. The molecule has 0 saturated carbocycles. The predicted octanol–water partition coefficient (Wildman–Crippen LogP) is 2.99. The van der Waals surface area contributed by atoms with Crippen molar-refractivity contribution >= 4 is 5.78 Å². The molecule has 0 aromatic heterocycles. The number of ether oxygens (including phenoxy) is 1. The van der Waals surface area contributed by atoms with Gasteiger partial charge in [0.15, 0.2) is 5.78 Å². The Morgan fingerprint density at radius 3 is 2.35 bits per heavy atom. The van der Waals surface area contributed by atoms with Gasteiger partial charge in [0.1, 0.15) is 5.75 Å². The second-order valence-corrected chi connectivity index (χ2v) is 4.96. The van der Waals surface area contributed by atoms with E-state index in [1.807, 2.05) is 62.6 Å². The van der Waals surface area contributed by atoms with Crippen LogP contribution in [0.1, 0.15) is 21.5 Å². The number of rotatable bonds is 5. The van der Waals surface area contributed by atoms with Crippen molar-refractivity contribution in [1.82, 2.24) is 4.90 Å².